The second kappa shape index (κ2) is 23.5. The molecule has 5 aliphatic heterocycles. The molecular formula is C57H71ClN10O8S. The summed E-state index contributed by atoms with van der Waals surface area (Å²) in [5.74, 6) is -0.258. The third-order valence-electron chi connectivity index (χ3n) is 16.0. The summed E-state index contributed by atoms with van der Waals surface area (Å²) in [4.78, 5) is 79.0. The van der Waals surface area contributed by atoms with E-state index >= 15 is 0 Å². The van der Waals surface area contributed by atoms with Crippen molar-refractivity contribution in [1.82, 2.24) is 40.3 Å². The average Bonchev–Trinajstić information content (AvgIpc) is 4.22. The zero-order valence-corrected chi connectivity index (χ0v) is 46.0. The van der Waals surface area contributed by atoms with E-state index in [1.807, 2.05) is 69.6 Å². The first-order chi connectivity index (χ1) is 37.1. The lowest BCUT2D eigenvalue weighted by atomic mass is 9.85. The Kier molecular flexibility index (Phi) is 16.5. The van der Waals surface area contributed by atoms with E-state index in [1.165, 1.54) is 4.90 Å². The number of rotatable bonds is 18. The fourth-order valence-electron chi connectivity index (χ4n) is 12.0. The number of halogens is 1. The number of anilines is 2. The molecule has 7 heterocycles. The quantitative estimate of drug-likeness (QED) is 0.0649. The van der Waals surface area contributed by atoms with Crippen LogP contribution in [0.3, 0.4) is 0 Å². The third-order valence-corrected chi connectivity index (χ3v) is 17.3. The van der Waals surface area contributed by atoms with Crippen molar-refractivity contribution in [3.63, 3.8) is 0 Å². The highest BCUT2D eigenvalue weighted by atomic mass is 35.5. The maximum atomic E-state index is 14.2. The second-order valence-electron chi connectivity index (χ2n) is 22.3. The molecule has 18 nitrogen and oxygen atoms in total. The van der Waals surface area contributed by atoms with Crippen LogP contribution in [0.2, 0.25) is 5.02 Å². The topological polar surface area (TPSA) is 206 Å². The van der Waals surface area contributed by atoms with Crippen molar-refractivity contribution in [2.24, 2.45) is 5.41 Å². The summed E-state index contributed by atoms with van der Waals surface area (Å²) in [5.41, 5.74) is 7.10. The number of aliphatic hydroxyl groups is 1. The molecule has 4 N–H and O–H groups in total. The number of piperazine rings is 1. The molecule has 0 aliphatic carbocycles. The van der Waals surface area contributed by atoms with Crippen molar-refractivity contribution < 1.29 is 38.9 Å². The zero-order valence-electron chi connectivity index (χ0n) is 44.5. The SMILES string of the molecule is Cc1ncsc1-c1ccc(CNC(=O)[C@@H]2C[C@@H](O)CN2C(=O)[C@@H](NC(=O)CCOCCCN2CCC[C@H]2COc2nc3c(c(N4CC5CCC(C4)N5C(=O)O)n2)CCN(c2cccc4cccc(Cl)c24)C3)C(C)(C)C)cc1. The third kappa shape index (κ3) is 12.1. The molecule has 2 bridgehead atoms. The number of hydrogen-bond acceptors (Lipinski definition) is 14. The Hall–Kier alpha value is -6.12. The number of thiazole rings is 1. The molecule has 5 aliphatic rings. The number of aryl methyl sites for hydroxylation is 1. The molecule has 5 aromatic rings. The Morgan fingerprint density at radius 3 is 2.43 bits per heavy atom. The van der Waals surface area contributed by atoms with E-state index in [9.17, 15) is 29.4 Å². The molecule has 6 atom stereocenters. The van der Waals surface area contributed by atoms with Crippen LogP contribution in [0.25, 0.3) is 21.2 Å². The number of nitrogens with one attached hydrogen (secondary N) is 2. The number of amides is 4. The summed E-state index contributed by atoms with van der Waals surface area (Å²) in [5, 5.41) is 29.4. The number of carboxylic acid groups (broad SMARTS) is 1. The van der Waals surface area contributed by atoms with E-state index in [0.717, 1.165) is 113 Å². The predicted molar refractivity (Wildman–Crippen MR) is 296 cm³/mol. The minimum atomic E-state index is -0.931. The first kappa shape index (κ1) is 54.2. The van der Waals surface area contributed by atoms with Gasteiger partial charge in [-0.3, -0.25) is 24.2 Å². The molecular weight excluding hydrogens is 1020 g/mol. The predicted octanol–water partition coefficient (Wildman–Crippen LogP) is 7.06. The molecule has 4 fully saturated rings. The number of ether oxygens (including phenoxy) is 2. The Bertz CT molecular complexity index is 2940. The highest BCUT2D eigenvalue weighted by molar-refractivity contribution is 7.13. The lowest BCUT2D eigenvalue weighted by molar-refractivity contribution is -0.144. The first-order valence-corrected chi connectivity index (χ1v) is 28.4. The van der Waals surface area contributed by atoms with Crippen LogP contribution in [0.15, 0.2) is 66.2 Å². The van der Waals surface area contributed by atoms with Gasteiger partial charge in [0.2, 0.25) is 17.7 Å². The number of hydrogen-bond donors (Lipinski definition) is 4. The van der Waals surface area contributed by atoms with E-state index < -0.39 is 35.6 Å². The summed E-state index contributed by atoms with van der Waals surface area (Å²) >= 11 is 8.38. The van der Waals surface area contributed by atoms with Crippen LogP contribution >= 0.6 is 22.9 Å². The minimum absolute atomic E-state index is 0.00339. The molecule has 4 amide bonds. The monoisotopic (exact) mass is 1090 g/mol. The Morgan fingerprint density at radius 1 is 0.935 bits per heavy atom. The fourth-order valence-corrected chi connectivity index (χ4v) is 13.1. The summed E-state index contributed by atoms with van der Waals surface area (Å²) in [6.07, 6.45) is 3.57. The number of likely N-dealkylation sites (tertiary alicyclic amines) is 2. The van der Waals surface area contributed by atoms with Gasteiger partial charge in [-0.2, -0.15) is 9.97 Å². The molecule has 0 saturated carbocycles. The molecule has 4 saturated heterocycles. The van der Waals surface area contributed by atoms with Crippen LogP contribution in [-0.2, 0) is 38.6 Å². The van der Waals surface area contributed by atoms with Gasteiger partial charge in [0.15, 0.2) is 0 Å². The average molecular weight is 1090 g/mol. The second-order valence-corrected chi connectivity index (χ2v) is 23.6. The number of nitrogens with zero attached hydrogens (tertiary/aromatic N) is 8. The number of β-amino-alcohol motifs (C(OH)–C–C–N with tert-alkyl or cyclic N) is 1. The number of aromatic nitrogens is 3. The number of benzene rings is 3. The van der Waals surface area contributed by atoms with Gasteiger partial charge in [-0.1, -0.05) is 80.9 Å². The normalized spacial score (nSPS) is 21.9. The van der Waals surface area contributed by atoms with E-state index in [0.29, 0.717) is 43.9 Å². The van der Waals surface area contributed by atoms with Gasteiger partial charge in [0.05, 0.1) is 58.1 Å². The van der Waals surface area contributed by atoms with Gasteiger partial charge in [0.25, 0.3) is 0 Å². The van der Waals surface area contributed by atoms with E-state index in [-0.39, 0.29) is 62.5 Å². The Labute approximate surface area is 459 Å². The van der Waals surface area contributed by atoms with Crippen LogP contribution in [0.5, 0.6) is 6.01 Å². The summed E-state index contributed by atoms with van der Waals surface area (Å²) in [7, 11) is 0. The van der Waals surface area contributed by atoms with Gasteiger partial charge in [-0.05, 0) is 86.1 Å². The molecule has 10 rings (SSSR count). The molecule has 410 valence electrons. The van der Waals surface area contributed by atoms with Gasteiger partial charge in [-0.25, -0.2) is 9.78 Å². The van der Waals surface area contributed by atoms with Crippen molar-refractivity contribution >= 4 is 69.0 Å². The largest absolute Gasteiger partial charge is 0.465 e. The van der Waals surface area contributed by atoms with Gasteiger partial charge < -0.3 is 45.0 Å². The number of fused-ring (bicyclic) bond motifs is 4. The molecule has 77 heavy (non-hydrogen) atoms. The van der Waals surface area contributed by atoms with Crippen LogP contribution < -0.4 is 25.2 Å². The molecule has 20 heteroatoms. The van der Waals surface area contributed by atoms with Gasteiger partial charge in [-0.15, -0.1) is 11.3 Å². The molecule has 0 spiro atoms. The maximum absolute atomic E-state index is 14.2. The van der Waals surface area contributed by atoms with Crippen molar-refractivity contribution in [2.45, 2.75) is 128 Å². The maximum Gasteiger partial charge on any atom is 0.407 e. The van der Waals surface area contributed by atoms with Crippen LogP contribution in [0, 0.1) is 12.3 Å². The van der Waals surface area contributed by atoms with Crippen molar-refractivity contribution in [2.75, 3.05) is 68.9 Å². The smallest absolute Gasteiger partial charge is 0.407 e. The molecule has 0 radical (unpaired) electrons. The number of carbonyl (C=O) groups excluding carboxylic acids is 3. The lowest BCUT2D eigenvalue weighted by Gasteiger charge is -2.41. The first-order valence-electron chi connectivity index (χ1n) is 27.2. The fraction of sp³-hybridized carbons (Fsp3) is 0.526. The van der Waals surface area contributed by atoms with Crippen LogP contribution in [0.1, 0.15) is 88.2 Å². The standard InChI is InChI=1S/C57H71ClN10O8S/c1-35-50(77-34-60-35)38-16-14-36(15-17-38)28-59-53(71)47-27-42(69)31-67(47)54(72)51(57(2,3)4)62-48(70)21-26-75-25-8-23-64-22-7-11-41(64)33-76-55-61-45-32-65(46-13-6-10-37-9-5-12-44(58)49(37)46)24-20-43(45)52(63-55)66-29-39-18-19-40(30-66)68(39)56(73)74/h5-6,9-10,12-17,34,39-42,47,51,69H,7-8,11,18-33H2,1-4H3,(H,59,71)(H,62,70)(H,73,74)/t39?,40?,41-,42+,47-,51+/m0/s1. The molecule has 3 aromatic carbocycles. The molecule has 2 unspecified atom stereocenters. The minimum Gasteiger partial charge on any atom is -0.465 e. The van der Waals surface area contributed by atoms with Crippen molar-refractivity contribution in [3.05, 3.63) is 93.7 Å². The van der Waals surface area contributed by atoms with Crippen molar-refractivity contribution in [3.8, 4) is 16.5 Å². The van der Waals surface area contributed by atoms with Crippen LogP contribution in [-0.4, -0.2) is 159 Å². The lowest BCUT2D eigenvalue weighted by Crippen LogP contribution is -2.57. The highest BCUT2D eigenvalue weighted by Gasteiger charge is 2.46. The van der Waals surface area contributed by atoms with Gasteiger partial charge >= 0.3 is 12.1 Å². The Balaban J connectivity index is 0.707. The summed E-state index contributed by atoms with van der Waals surface area (Å²) in [6.45, 7) is 13.0. The number of aliphatic hydroxyl groups excluding tert-OH is 1. The van der Waals surface area contributed by atoms with E-state index in [1.54, 1.807) is 16.2 Å². The van der Waals surface area contributed by atoms with Gasteiger partial charge in [0.1, 0.15) is 24.5 Å². The summed E-state index contributed by atoms with van der Waals surface area (Å²) < 4.78 is 12.5. The van der Waals surface area contributed by atoms with Crippen molar-refractivity contribution in [1.29, 1.82) is 0 Å². The van der Waals surface area contributed by atoms with E-state index in [4.69, 9.17) is 31.0 Å². The highest BCUT2D eigenvalue weighted by Crippen LogP contribution is 2.40. The van der Waals surface area contributed by atoms with Gasteiger partial charge in [0, 0.05) is 81.4 Å². The summed E-state index contributed by atoms with van der Waals surface area (Å²) in [6, 6.07) is 18.6. The number of carbonyl (C=O) groups is 4. The Morgan fingerprint density at radius 2 is 1.70 bits per heavy atom. The molecule has 2 aromatic heterocycles. The van der Waals surface area contributed by atoms with E-state index in [2.05, 4.69) is 54.6 Å². The van der Waals surface area contributed by atoms with Crippen LogP contribution in [0.4, 0.5) is 16.3 Å². The zero-order chi connectivity index (χ0) is 54.0.